The van der Waals surface area contributed by atoms with Crippen LogP contribution in [0.3, 0.4) is 0 Å². The van der Waals surface area contributed by atoms with Gasteiger partial charge in [0.25, 0.3) is 0 Å². The van der Waals surface area contributed by atoms with Gasteiger partial charge in [-0.05, 0) is 18.1 Å². The van der Waals surface area contributed by atoms with Crippen molar-refractivity contribution in [1.82, 2.24) is 4.31 Å². The summed E-state index contributed by atoms with van der Waals surface area (Å²) in [7, 11) is 1.04. The first-order chi connectivity index (χ1) is 9.71. The Morgan fingerprint density at radius 2 is 1.95 bits per heavy atom. The number of rotatable bonds is 7. The fourth-order valence-electron chi connectivity index (χ4n) is 1.87. The topological polar surface area (TPSA) is 84.7 Å². The van der Waals surface area contributed by atoms with Gasteiger partial charge in [-0.2, -0.15) is 0 Å². The van der Waals surface area contributed by atoms with E-state index in [0.717, 1.165) is 4.31 Å². The molecule has 7 heteroatoms. The first-order valence-electron chi connectivity index (χ1n) is 6.78. The number of benzene rings is 1. The van der Waals surface area contributed by atoms with Crippen LogP contribution in [0.2, 0.25) is 0 Å². The predicted molar refractivity (Wildman–Crippen MR) is 85.9 cm³/mol. The maximum Gasteiger partial charge on any atom is 0.244 e. The van der Waals surface area contributed by atoms with Crippen molar-refractivity contribution < 1.29 is 13.2 Å². The van der Waals surface area contributed by atoms with E-state index in [1.165, 1.54) is 20.2 Å². The Morgan fingerprint density at radius 3 is 2.43 bits per heavy atom. The van der Waals surface area contributed by atoms with Crippen LogP contribution in [-0.2, 0) is 14.8 Å². The molecule has 1 atom stereocenters. The molecule has 0 aliphatic rings. The zero-order chi connectivity index (χ0) is 16.2. The summed E-state index contributed by atoms with van der Waals surface area (Å²) in [6.07, 6.45) is 0. The maximum absolute atomic E-state index is 12.2. The van der Waals surface area contributed by atoms with Gasteiger partial charge in [-0.1, -0.05) is 19.9 Å². The molecule has 6 nitrogen and oxygen atoms in total. The van der Waals surface area contributed by atoms with E-state index in [-0.39, 0.29) is 16.6 Å². The van der Waals surface area contributed by atoms with Crippen molar-refractivity contribution in [1.29, 1.82) is 0 Å². The number of nitrogens with zero attached hydrogens (tertiary/aromatic N) is 1. The van der Waals surface area contributed by atoms with E-state index in [1.54, 1.807) is 19.2 Å². The average Bonchev–Trinajstić information content (AvgIpc) is 2.39. The van der Waals surface area contributed by atoms with Crippen LogP contribution in [0.25, 0.3) is 0 Å². The number of hydrogen-bond donors (Lipinski definition) is 2. The van der Waals surface area contributed by atoms with Crippen molar-refractivity contribution in [3.8, 4) is 0 Å². The number of ether oxygens (including phenoxy) is 1. The number of hydrogen-bond acceptors (Lipinski definition) is 5. The van der Waals surface area contributed by atoms with E-state index in [2.05, 4.69) is 19.2 Å². The van der Waals surface area contributed by atoms with Crippen LogP contribution in [0.1, 0.15) is 13.8 Å². The van der Waals surface area contributed by atoms with Gasteiger partial charge < -0.3 is 15.8 Å². The normalized spacial score (nSPS) is 13.7. The highest BCUT2D eigenvalue weighted by molar-refractivity contribution is 7.89. The highest BCUT2D eigenvalue weighted by atomic mass is 32.2. The molecule has 1 unspecified atom stereocenters. The molecule has 0 aliphatic heterocycles. The van der Waals surface area contributed by atoms with Gasteiger partial charge in [0.05, 0.1) is 24.0 Å². The lowest BCUT2D eigenvalue weighted by molar-refractivity contribution is 0.171. The lowest BCUT2D eigenvalue weighted by Gasteiger charge is -2.24. The fourth-order valence-corrected chi connectivity index (χ4v) is 2.90. The molecule has 0 saturated carbocycles. The molecule has 1 rings (SSSR count). The van der Waals surface area contributed by atoms with Crippen LogP contribution in [-0.4, -0.2) is 46.6 Å². The highest BCUT2D eigenvalue weighted by Crippen LogP contribution is 2.29. The Kier molecular flexibility index (Phi) is 6.00. The van der Waals surface area contributed by atoms with Gasteiger partial charge in [-0.3, -0.25) is 0 Å². The second-order valence-electron chi connectivity index (χ2n) is 5.46. The van der Waals surface area contributed by atoms with E-state index in [0.29, 0.717) is 18.2 Å². The lowest BCUT2D eigenvalue weighted by Crippen LogP contribution is -2.31. The van der Waals surface area contributed by atoms with Crippen LogP contribution in [0, 0.1) is 5.92 Å². The summed E-state index contributed by atoms with van der Waals surface area (Å²) in [5.41, 5.74) is 6.88. The second-order valence-corrected chi connectivity index (χ2v) is 7.58. The van der Waals surface area contributed by atoms with E-state index in [9.17, 15) is 8.42 Å². The van der Waals surface area contributed by atoms with Crippen LogP contribution in [0.4, 0.5) is 11.4 Å². The van der Waals surface area contributed by atoms with Crippen molar-refractivity contribution >= 4 is 21.4 Å². The first kappa shape index (κ1) is 17.7. The quantitative estimate of drug-likeness (QED) is 0.747. The third-order valence-electron chi connectivity index (χ3n) is 3.32. The van der Waals surface area contributed by atoms with Gasteiger partial charge in [0.2, 0.25) is 10.0 Å². The SMILES string of the molecule is COCC(Nc1cccc(S(=O)(=O)N(C)C)c1N)C(C)C. The van der Waals surface area contributed by atoms with Gasteiger partial charge >= 0.3 is 0 Å². The zero-order valence-electron chi connectivity index (χ0n) is 13.3. The lowest BCUT2D eigenvalue weighted by atomic mass is 10.0. The summed E-state index contributed by atoms with van der Waals surface area (Å²) >= 11 is 0. The molecule has 0 saturated heterocycles. The van der Waals surface area contributed by atoms with Gasteiger partial charge in [0.15, 0.2) is 0 Å². The Labute approximate surface area is 127 Å². The Balaban J connectivity index is 3.17. The molecular formula is C14H25N3O3S. The summed E-state index contributed by atoms with van der Waals surface area (Å²) in [5, 5.41) is 3.27. The molecule has 21 heavy (non-hydrogen) atoms. The number of nitrogens with one attached hydrogen (secondary N) is 1. The fraction of sp³-hybridized carbons (Fsp3) is 0.571. The molecule has 0 aliphatic carbocycles. The molecule has 1 aromatic rings. The van der Waals surface area contributed by atoms with Crippen molar-refractivity contribution in [3.63, 3.8) is 0 Å². The average molecular weight is 315 g/mol. The number of para-hydroxylation sites is 1. The number of anilines is 2. The first-order valence-corrected chi connectivity index (χ1v) is 8.22. The molecule has 0 aromatic heterocycles. The largest absolute Gasteiger partial charge is 0.396 e. The molecule has 3 N–H and O–H groups in total. The summed E-state index contributed by atoms with van der Waals surface area (Å²) in [4.78, 5) is 0.109. The number of sulfonamides is 1. The Bertz CT molecular complexity index is 571. The summed E-state index contributed by atoms with van der Waals surface area (Å²) < 4.78 is 30.8. The van der Waals surface area contributed by atoms with Crippen molar-refractivity contribution in [3.05, 3.63) is 18.2 Å². The molecule has 0 amide bonds. The summed E-state index contributed by atoms with van der Waals surface area (Å²) in [6, 6.07) is 5.01. The molecule has 1 aromatic carbocycles. The smallest absolute Gasteiger partial charge is 0.244 e. The van der Waals surface area contributed by atoms with Crippen LogP contribution >= 0.6 is 0 Å². The Morgan fingerprint density at radius 1 is 1.33 bits per heavy atom. The summed E-state index contributed by atoms with van der Waals surface area (Å²) in [6.45, 7) is 4.64. The van der Waals surface area contributed by atoms with Gasteiger partial charge in [-0.25, -0.2) is 12.7 Å². The van der Waals surface area contributed by atoms with Crippen molar-refractivity contribution in [2.45, 2.75) is 24.8 Å². The van der Waals surface area contributed by atoms with Crippen molar-refractivity contribution in [2.24, 2.45) is 5.92 Å². The molecule has 0 radical (unpaired) electrons. The molecule has 0 fully saturated rings. The third kappa shape index (κ3) is 4.09. The molecule has 0 heterocycles. The van der Waals surface area contributed by atoms with E-state index in [4.69, 9.17) is 10.5 Å². The monoisotopic (exact) mass is 315 g/mol. The minimum Gasteiger partial charge on any atom is -0.396 e. The van der Waals surface area contributed by atoms with Gasteiger partial charge in [0.1, 0.15) is 4.90 Å². The van der Waals surface area contributed by atoms with Gasteiger partial charge in [0, 0.05) is 21.2 Å². The molecule has 0 spiro atoms. The number of nitrogen functional groups attached to an aromatic ring is 1. The molecular weight excluding hydrogens is 290 g/mol. The van der Waals surface area contributed by atoms with Crippen molar-refractivity contribution in [2.75, 3.05) is 38.9 Å². The van der Waals surface area contributed by atoms with Gasteiger partial charge in [-0.15, -0.1) is 0 Å². The minimum atomic E-state index is -3.56. The summed E-state index contributed by atoms with van der Waals surface area (Å²) in [5.74, 6) is 0.318. The number of nitrogens with two attached hydrogens (primary N) is 1. The predicted octanol–water partition coefficient (Wildman–Crippen LogP) is 1.60. The Hall–Kier alpha value is -1.31. The van der Waals surface area contributed by atoms with E-state index < -0.39 is 10.0 Å². The minimum absolute atomic E-state index is 0.0506. The van der Waals surface area contributed by atoms with E-state index in [1.807, 2.05) is 0 Å². The maximum atomic E-state index is 12.2. The van der Waals surface area contributed by atoms with Crippen LogP contribution < -0.4 is 11.1 Å². The molecule has 120 valence electrons. The second kappa shape index (κ2) is 7.11. The molecule has 0 bridgehead atoms. The highest BCUT2D eigenvalue weighted by Gasteiger charge is 2.23. The van der Waals surface area contributed by atoms with Crippen LogP contribution in [0.5, 0.6) is 0 Å². The third-order valence-corrected chi connectivity index (χ3v) is 5.19. The zero-order valence-corrected chi connectivity index (χ0v) is 14.1. The standard InChI is InChI=1S/C14H25N3O3S/c1-10(2)12(9-20-5)16-11-7-6-8-13(14(11)15)21(18,19)17(3)4/h6-8,10,12,16H,9,15H2,1-5H3. The van der Waals surface area contributed by atoms with E-state index >= 15 is 0 Å². The number of methoxy groups -OCH3 is 1. The van der Waals surface area contributed by atoms with Crippen LogP contribution in [0.15, 0.2) is 23.1 Å².